The number of hydrogen-bond acceptors (Lipinski definition) is 3. The normalized spacial score (nSPS) is 10.2. The Kier molecular flexibility index (Phi) is 4.18. The molecule has 0 aliphatic carbocycles. The van der Waals surface area contributed by atoms with E-state index in [0.717, 1.165) is 11.5 Å². The Morgan fingerprint density at radius 1 is 1.32 bits per heavy atom. The molecule has 0 spiro atoms. The zero-order valence-electron chi connectivity index (χ0n) is 11.2. The molecule has 2 rings (SSSR count). The van der Waals surface area contributed by atoms with Gasteiger partial charge < -0.3 is 15.2 Å². The summed E-state index contributed by atoms with van der Waals surface area (Å²) in [4.78, 5) is 21.0. The summed E-state index contributed by atoms with van der Waals surface area (Å²) in [6, 6.07) is 7.53. The van der Waals surface area contributed by atoms with Crippen molar-refractivity contribution in [2.75, 3.05) is 25.5 Å². The second-order valence-corrected chi connectivity index (χ2v) is 4.48. The van der Waals surface area contributed by atoms with Crippen LogP contribution in [-0.4, -0.2) is 36.5 Å². The van der Waals surface area contributed by atoms with E-state index in [1.54, 1.807) is 12.4 Å². The highest BCUT2D eigenvalue weighted by molar-refractivity contribution is 5.94. The lowest BCUT2D eigenvalue weighted by atomic mass is 10.2. The Hall–Kier alpha value is -2.30. The zero-order chi connectivity index (χ0) is 13.7. The molecule has 0 atom stereocenters. The predicted octanol–water partition coefficient (Wildman–Crippen LogP) is 1.45. The minimum Gasteiger partial charge on any atom is -0.378 e. The van der Waals surface area contributed by atoms with Gasteiger partial charge in [0.2, 0.25) is 0 Å². The van der Waals surface area contributed by atoms with Gasteiger partial charge in [0.15, 0.2) is 0 Å². The minimum atomic E-state index is -0.0585. The molecule has 5 heteroatoms. The lowest BCUT2D eigenvalue weighted by Gasteiger charge is -2.12. The third-order valence-corrected chi connectivity index (χ3v) is 2.85. The van der Waals surface area contributed by atoms with Crippen LogP contribution in [0.4, 0.5) is 5.69 Å². The van der Waals surface area contributed by atoms with Crippen LogP contribution >= 0.6 is 0 Å². The van der Waals surface area contributed by atoms with Gasteiger partial charge in [0.1, 0.15) is 5.82 Å². The SMILES string of the molecule is CN(C)c1ccc(C(=O)NCCc2ncc[nH]2)cc1. The van der Waals surface area contributed by atoms with Crippen LogP contribution in [0.1, 0.15) is 16.2 Å². The second kappa shape index (κ2) is 6.04. The van der Waals surface area contributed by atoms with Crippen molar-refractivity contribution in [3.63, 3.8) is 0 Å². The summed E-state index contributed by atoms with van der Waals surface area (Å²) < 4.78 is 0. The zero-order valence-corrected chi connectivity index (χ0v) is 11.2. The van der Waals surface area contributed by atoms with Gasteiger partial charge in [-0.25, -0.2) is 4.98 Å². The summed E-state index contributed by atoms with van der Waals surface area (Å²) in [5.74, 6) is 0.820. The molecule has 0 aliphatic rings. The maximum absolute atomic E-state index is 11.9. The first-order valence-corrected chi connectivity index (χ1v) is 6.20. The highest BCUT2D eigenvalue weighted by Gasteiger charge is 2.05. The van der Waals surface area contributed by atoms with E-state index in [4.69, 9.17) is 0 Å². The lowest BCUT2D eigenvalue weighted by molar-refractivity contribution is 0.0954. The van der Waals surface area contributed by atoms with Gasteiger partial charge in [-0.2, -0.15) is 0 Å². The van der Waals surface area contributed by atoms with Crippen molar-refractivity contribution < 1.29 is 4.79 Å². The fourth-order valence-corrected chi connectivity index (χ4v) is 1.74. The number of amides is 1. The van der Waals surface area contributed by atoms with Crippen LogP contribution in [0, 0.1) is 0 Å². The smallest absolute Gasteiger partial charge is 0.251 e. The lowest BCUT2D eigenvalue weighted by Crippen LogP contribution is -2.26. The number of H-pyrrole nitrogens is 1. The molecular formula is C14H18N4O. The number of aromatic amines is 1. The second-order valence-electron chi connectivity index (χ2n) is 4.48. The van der Waals surface area contributed by atoms with Crippen LogP contribution in [0.3, 0.4) is 0 Å². The number of hydrogen-bond donors (Lipinski definition) is 2. The molecule has 100 valence electrons. The van der Waals surface area contributed by atoms with E-state index in [1.807, 2.05) is 43.3 Å². The number of benzene rings is 1. The van der Waals surface area contributed by atoms with E-state index >= 15 is 0 Å². The predicted molar refractivity (Wildman–Crippen MR) is 75.4 cm³/mol. The van der Waals surface area contributed by atoms with Gasteiger partial charge in [-0.1, -0.05) is 0 Å². The molecule has 0 aliphatic heterocycles. The van der Waals surface area contributed by atoms with Crippen molar-refractivity contribution >= 4 is 11.6 Å². The molecule has 0 bridgehead atoms. The van der Waals surface area contributed by atoms with E-state index < -0.39 is 0 Å². The van der Waals surface area contributed by atoms with E-state index in [2.05, 4.69) is 15.3 Å². The van der Waals surface area contributed by atoms with Gasteiger partial charge in [0, 0.05) is 50.7 Å². The van der Waals surface area contributed by atoms with Crippen molar-refractivity contribution in [3.8, 4) is 0 Å². The number of carbonyl (C=O) groups excluding carboxylic acids is 1. The first-order chi connectivity index (χ1) is 9.16. The molecular weight excluding hydrogens is 240 g/mol. The third-order valence-electron chi connectivity index (χ3n) is 2.85. The van der Waals surface area contributed by atoms with Crippen LogP contribution in [0.2, 0.25) is 0 Å². The number of rotatable bonds is 5. The molecule has 1 aromatic heterocycles. The van der Waals surface area contributed by atoms with Gasteiger partial charge in [0.25, 0.3) is 5.91 Å². The van der Waals surface area contributed by atoms with E-state index in [-0.39, 0.29) is 5.91 Å². The summed E-state index contributed by atoms with van der Waals surface area (Å²) >= 11 is 0. The number of nitrogens with one attached hydrogen (secondary N) is 2. The number of imidazole rings is 1. The molecule has 0 saturated carbocycles. The van der Waals surface area contributed by atoms with Crippen LogP contribution in [0.15, 0.2) is 36.7 Å². The van der Waals surface area contributed by atoms with Gasteiger partial charge in [-0.05, 0) is 24.3 Å². The molecule has 5 nitrogen and oxygen atoms in total. The summed E-state index contributed by atoms with van der Waals surface area (Å²) in [7, 11) is 3.94. The van der Waals surface area contributed by atoms with Crippen LogP contribution in [-0.2, 0) is 6.42 Å². The van der Waals surface area contributed by atoms with Gasteiger partial charge in [-0.3, -0.25) is 4.79 Å². The Labute approximate surface area is 112 Å². The highest BCUT2D eigenvalue weighted by atomic mass is 16.1. The van der Waals surface area contributed by atoms with E-state index in [1.165, 1.54) is 0 Å². The molecule has 1 aromatic carbocycles. The monoisotopic (exact) mass is 258 g/mol. The topological polar surface area (TPSA) is 61.0 Å². The number of aromatic nitrogens is 2. The standard InChI is InChI=1S/C14H18N4O/c1-18(2)12-5-3-11(4-6-12)14(19)17-8-7-13-15-9-10-16-13/h3-6,9-10H,7-8H2,1-2H3,(H,15,16)(H,17,19). The first-order valence-electron chi connectivity index (χ1n) is 6.20. The van der Waals surface area contributed by atoms with Crippen molar-refractivity contribution in [2.45, 2.75) is 6.42 Å². The van der Waals surface area contributed by atoms with Crippen LogP contribution in [0.5, 0.6) is 0 Å². The van der Waals surface area contributed by atoms with Gasteiger partial charge >= 0.3 is 0 Å². The summed E-state index contributed by atoms with van der Waals surface area (Å²) in [5, 5.41) is 2.87. The fourth-order valence-electron chi connectivity index (χ4n) is 1.74. The molecule has 1 heterocycles. The van der Waals surface area contributed by atoms with Gasteiger partial charge in [0.05, 0.1) is 0 Å². The molecule has 0 fully saturated rings. The fraction of sp³-hybridized carbons (Fsp3) is 0.286. The average molecular weight is 258 g/mol. The molecule has 2 N–H and O–H groups in total. The molecule has 0 radical (unpaired) electrons. The van der Waals surface area contributed by atoms with E-state index in [0.29, 0.717) is 18.5 Å². The van der Waals surface area contributed by atoms with E-state index in [9.17, 15) is 4.79 Å². The van der Waals surface area contributed by atoms with Crippen LogP contribution < -0.4 is 10.2 Å². The minimum absolute atomic E-state index is 0.0585. The summed E-state index contributed by atoms with van der Waals surface area (Å²) in [5.41, 5.74) is 1.75. The van der Waals surface area contributed by atoms with Gasteiger partial charge in [-0.15, -0.1) is 0 Å². The molecule has 19 heavy (non-hydrogen) atoms. The van der Waals surface area contributed by atoms with Crippen LogP contribution in [0.25, 0.3) is 0 Å². The van der Waals surface area contributed by atoms with Crippen molar-refractivity contribution in [1.29, 1.82) is 0 Å². The Bertz CT molecular complexity index is 517. The largest absolute Gasteiger partial charge is 0.378 e. The average Bonchev–Trinajstić information content (AvgIpc) is 2.92. The Balaban J connectivity index is 1.85. The number of carbonyl (C=O) groups is 1. The molecule has 0 saturated heterocycles. The maximum atomic E-state index is 11.9. The van der Waals surface area contributed by atoms with Crippen molar-refractivity contribution in [1.82, 2.24) is 15.3 Å². The Morgan fingerprint density at radius 3 is 2.63 bits per heavy atom. The molecule has 2 aromatic rings. The quantitative estimate of drug-likeness (QED) is 0.853. The number of anilines is 1. The van der Waals surface area contributed by atoms with Crippen molar-refractivity contribution in [3.05, 3.63) is 48.0 Å². The van der Waals surface area contributed by atoms with Crippen molar-refractivity contribution in [2.24, 2.45) is 0 Å². The maximum Gasteiger partial charge on any atom is 0.251 e. The highest BCUT2D eigenvalue weighted by Crippen LogP contribution is 2.11. The Morgan fingerprint density at radius 2 is 2.05 bits per heavy atom. The summed E-state index contributed by atoms with van der Waals surface area (Å²) in [6.07, 6.45) is 4.18. The number of nitrogens with zero attached hydrogens (tertiary/aromatic N) is 2. The summed E-state index contributed by atoms with van der Waals surface area (Å²) in [6.45, 7) is 0.571. The molecule has 0 unspecified atom stereocenters. The first kappa shape index (κ1) is 13.1. The molecule has 1 amide bonds. The third kappa shape index (κ3) is 3.58.